The topological polar surface area (TPSA) is 21.3 Å². The maximum absolute atomic E-state index is 13.8. The summed E-state index contributed by atoms with van der Waals surface area (Å²) in [6.07, 6.45) is 0. The molecule has 0 aliphatic carbocycles. The van der Waals surface area contributed by atoms with Gasteiger partial charge in [-0.05, 0) is 50.1 Å². The number of anilines is 1. The van der Waals surface area contributed by atoms with Gasteiger partial charge in [0.25, 0.3) is 0 Å². The van der Waals surface area contributed by atoms with Crippen LogP contribution < -0.4 is 10.1 Å². The molecule has 0 spiro atoms. The van der Waals surface area contributed by atoms with Gasteiger partial charge in [0.05, 0.1) is 12.3 Å². The van der Waals surface area contributed by atoms with Crippen LogP contribution in [0.1, 0.15) is 31.0 Å². The molecule has 0 heterocycles. The van der Waals surface area contributed by atoms with Gasteiger partial charge >= 0.3 is 0 Å². The second-order valence-electron chi connectivity index (χ2n) is 4.80. The van der Waals surface area contributed by atoms with Crippen LogP contribution in [-0.2, 0) is 0 Å². The molecular weight excluding hydrogens is 253 g/mol. The monoisotopic (exact) mass is 273 g/mol. The fourth-order valence-corrected chi connectivity index (χ4v) is 2.13. The fraction of sp³-hybridized carbons (Fsp3) is 0.294. The number of rotatable bonds is 5. The number of halogens is 1. The predicted octanol–water partition coefficient (Wildman–Crippen LogP) is 4.71. The lowest BCUT2D eigenvalue weighted by Crippen LogP contribution is -2.09. The van der Waals surface area contributed by atoms with Crippen molar-refractivity contribution < 1.29 is 9.13 Å². The molecule has 1 unspecified atom stereocenters. The van der Waals surface area contributed by atoms with Crippen LogP contribution in [0.3, 0.4) is 0 Å². The van der Waals surface area contributed by atoms with Crippen molar-refractivity contribution in [1.82, 2.24) is 0 Å². The smallest absolute Gasteiger partial charge is 0.146 e. The molecule has 2 nitrogen and oxygen atoms in total. The molecule has 0 saturated carbocycles. The van der Waals surface area contributed by atoms with Crippen LogP contribution in [0, 0.1) is 12.7 Å². The number of aryl methyl sites for hydroxylation is 1. The third kappa shape index (κ3) is 3.29. The van der Waals surface area contributed by atoms with Crippen LogP contribution in [0.15, 0.2) is 42.5 Å². The Morgan fingerprint density at radius 3 is 2.45 bits per heavy atom. The Morgan fingerprint density at radius 2 is 1.85 bits per heavy atom. The van der Waals surface area contributed by atoms with Crippen LogP contribution in [-0.4, -0.2) is 6.61 Å². The molecule has 20 heavy (non-hydrogen) atoms. The van der Waals surface area contributed by atoms with Gasteiger partial charge in [-0.15, -0.1) is 0 Å². The first kappa shape index (κ1) is 14.4. The maximum Gasteiger partial charge on any atom is 0.146 e. The SMILES string of the molecule is CCOc1ccc(C(C)Nc2c(C)cccc2F)cc1. The third-order valence-corrected chi connectivity index (χ3v) is 3.27. The number of ether oxygens (including phenoxy) is 1. The van der Waals surface area contributed by atoms with Gasteiger partial charge in [-0.1, -0.05) is 24.3 Å². The summed E-state index contributed by atoms with van der Waals surface area (Å²) in [5, 5.41) is 3.23. The molecule has 0 aliphatic rings. The molecule has 2 rings (SSSR count). The van der Waals surface area contributed by atoms with E-state index in [4.69, 9.17) is 4.74 Å². The molecule has 0 saturated heterocycles. The van der Waals surface area contributed by atoms with E-state index in [0.717, 1.165) is 16.9 Å². The Bertz CT molecular complexity index is 545. The summed E-state index contributed by atoms with van der Waals surface area (Å²) in [4.78, 5) is 0. The lowest BCUT2D eigenvalue weighted by Gasteiger charge is -2.18. The summed E-state index contributed by atoms with van der Waals surface area (Å²) in [5.74, 6) is 0.633. The number of hydrogen-bond acceptors (Lipinski definition) is 2. The Hall–Kier alpha value is -2.03. The molecule has 0 radical (unpaired) electrons. The van der Waals surface area contributed by atoms with E-state index in [-0.39, 0.29) is 11.9 Å². The molecule has 0 bridgehead atoms. The van der Waals surface area contributed by atoms with Gasteiger partial charge in [0.2, 0.25) is 0 Å². The van der Waals surface area contributed by atoms with Crippen molar-refractivity contribution in [2.45, 2.75) is 26.8 Å². The van der Waals surface area contributed by atoms with Gasteiger partial charge < -0.3 is 10.1 Å². The van der Waals surface area contributed by atoms with E-state index >= 15 is 0 Å². The van der Waals surface area contributed by atoms with E-state index in [9.17, 15) is 4.39 Å². The van der Waals surface area contributed by atoms with Crippen molar-refractivity contribution in [3.8, 4) is 5.75 Å². The van der Waals surface area contributed by atoms with Crippen molar-refractivity contribution in [1.29, 1.82) is 0 Å². The van der Waals surface area contributed by atoms with Crippen molar-refractivity contribution >= 4 is 5.69 Å². The summed E-state index contributed by atoms with van der Waals surface area (Å²) in [6.45, 7) is 6.53. The van der Waals surface area contributed by atoms with Crippen molar-refractivity contribution in [3.05, 3.63) is 59.4 Å². The summed E-state index contributed by atoms with van der Waals surface area (Å²) in [7, 11) is 0. The van der Waals surface area contributed by atoms with Gasteiger partial charge in [0.1, 0.15) is 11.6 Å². The minimum Gasteiger partial charge on any atom is -0.494 e. The van der Waals surface area contributed by atoms with Gasteiger partial charge in [-0.2, -0.15) is 0 Å². The second kappa shape index (κ2) is 6.42. The first-order chi connectivity index (χ1) is 9.61. The molecular formula is C17H20FNO. The zero-order chi connectivity index (χ0) is 14.5. The van der Waals surface area contributed by atoms with Crippen LogP contribution in [0.25, 0.3) is 0 Å². The molecule has 0 fully saturated rings. The summed E-state index contributed by atoms with van der Waals surface area (Å²) < 4.78 is 19.2. The molecule has 2 aromatic rings. The molecule has 106 valence electrons. The average Bonchev–Trinajstić information content (AvgIpc) is 2.44. The first-order valence-electron chi connectivity index (χ1n) is 6.86. The van der Waals surface area contributed by atoms with E-state index in [1.165, 1.54) is 6.07 Å². The van der Waals surface area contributed by atoms with Crippen molar-refractivity contribution in [3.63, 3.8) is 0 Å². The fourth-order valence-electron chi connectivity index (χ4n) is 2.13. The van der Waals surface area contributed by atoms with Crippen LogP contribution in [0.2, 0.25) is 0 Å². The molecule has 2 aromatic carbocycles. The van der Waals surface area contributed by atoms with E-state index in [1.54, 1.807) is 6.07 Å². The minimum absolute atomic E-state index is 0.0290. The van der Waals surface area contributed by atoms with Gasteiger partial charge in [-0.3, -0.25) is 0 Å². The summed E-state index contributed by atoms with van der Waals surface area (Å²) >= 11 is 0. The van der Waals surface area contributed by atoms with Crippen LogP contribution >= 0.6 is 0 Å². The van der Waals surface area contributed by atoms with Crippen LogP contribution in [0.4, 0.5) is 10.1 Å². The maximum atomic E-state index is 13.8. The van der Waals surface area contributed by atoms with E-state index in [1.807, 2.05) is 51.1 Å². The van der Waals surface area contributed by atoms with Gasteiger partial charge in [0, 0.05) is 6.04 Å². The lowest BCUT2D eigenvalue weighted by atomic mass is 10.1. The second-order valence-corrected chi connectivity index (χ2v) is 4.80. The standard InChI is InChI=1S/C17H20FNO/c1-4-20-15-10-8-14(9-11-15)13(3)19-17-12(2)6-5-7-16(17)18/h5-11,13,19H,4H2,1-3H3. The normalized spacial score (nSPS) is 12.0. The van der Waals surface area contributed by atoms with Gasteiger partial charge in [0.15, 0.2) is 0 Å². The molecule has 0 aliphatic heterocycles. The summed E-state index contributed by atoms with van der Waals surface area (Å²) in [6, 6.07) is 13.0. The highest BCUT2D eigenvalue weighted by atomic mass is 19.1. The highest BCUT2D eigenvalue weighted by Gasteiger charge is 2.10. The van der Waals surface area contributed by atoms with Gasteiger partial charge in [-0.25, -0.2) is 4.39 Å². The number of para-hydroxylation sites is 1. The number of benzene rings is 2. The lowest BCUT2D eigenvalue weighted by molar-refractivity contribution is 0.340. The molecule has 3 heteroatoms. The first-order valence-corrected chi connectivity index (χ1v) is 6.86. The average molecular weight is 273 g/mol. The Labute approximate surface area is 119 Å². The Morgan fingerprint density at radius 1 is 1.15 bits per heavy atom. The minimum atomic E-state index is -0.220. The van der Waals surface area contributed by atoms with E-state index in [0.29, 0.717) is 12.3 Å². The Balaban J connectivity index is 2.13. The predicted molar refractivity (Wildman–Crippen MR) is 80.8 cm³/mol. The molecule has 1 N–H and O–H groups in total. The number of hydrogen-bond donors (Lipinski definition) is 1. The quantitative estimate of drug-likeness (QED) is 0.852. The van der Waals surface area contributed by atoms with E-state index < -0.39 is 0 Å². The number of nitrogens with one attached hydrogen (secondary N) is 1. The molecule has 0 amide bonds. The van der Waals surface area contributed by atoms with Crippen molar-refractivity contribution in [2.75, 3.05) is 11.9 Å². The van der Waals surface area contributed by atoms with E-state index in [2.05, 4.69) is 5.32 Å². The molecule has 1 atom stereocenters. The van der Waals surface area contributed by atoms with Crippen LogP contribution in [0.5, 0.6) is 5.75 Å². The van der Waals surface area contributed by atoms with Crippen molar-refractivity contribution in [2.24, 2.45) is 0 Å². The molecule has 0 aromatic heterocycles. The largest absolute Gasteiger partial charge is 0.494 e. The zero-order valence-corrected chi connectivity index (χ0v) is 12.1. The highest BCUT2D eigenvalue weighted by Crippen LogP contribution is 2.25. The zero-order valence-electron chi connectivity index (χ0n) is 12.1. The Kier molecular flexibility index (Phi) is 4.61. The third-order valence-electron chi connectivity index (χ3n) is 3.27. The highest BCUT2D eigenvalue weighted by molar-refractivity contribution is 5.53. The summed E-state index contributed by atoms with van der Waals surface area (Å²) in [5.41, 5.74) is 2.56.